The lowest BCUT2D eigenvalue weighted by Gasteiger charge is -2.32. The van der Waals surface area contributed by atoms with Crippen LogP contribution in [0, 0.1) is 5.82 Å². The Morgan fingerprint density at radius 2 is 2.40 bits per heavy atom. The maximum absolute atomic E-state index is 13.0. The summed E-state index contributed by atoms with van der Waals surface area (Å²) in [6.07, 6.45) is 0.420. The van der Waals surface area contributed by atoms with Gasteiger partial charge in [-0.2, -0.15) is 0 Å². The molecule has 2 rings (SSSR count). The molecule has 110 valence electrons. The summed E-state index contributed by atoms with van der Waals surface area (Å²) in [6.45, 7) is 3.36. The number of amides is 1. The zero-order valence-corrected chi connectivity index (χ0v) is 11.3. The number of nitrogens with two attached hydrogens (primary N) is 1. The molecule has 0 radical (unpaired) electrons. The van der Waals surface area contributed by atoms with Gasteiger partial charge >= 0.3 is 0 Å². The highest BCUT2D eigenvalue weighted by atomic mass is 19.1. The fourth-order valence-electron chi connectivity index (χ4n) is 2.18. The van der Waals surface area contributed by atoms with Gasteiger partial charge in [0.05, 0.1) is 12.7 Å². The van der Waals surface area contributed by atoms with E-state index in [0.717, 1.165) is 13.1 Å². The zero-order chi connectivity index (χ0) is 14.4. The molecule has 0 aromatic heterocycles. The van der Waals surface area contributed by atoms with Gasteiger partial charge in [0, 0.05) is 38.3 Å². The highest BCUT2D eigenvalue weighted by Gasteiger charge is 2.19. The molecule has 1 unspecified atom stereocenters. The molecule has 20 heavy (non-hydrogen) atoms. The van der Waals surface area contributed by atoms with Gasteiger partial charge in [0.25, 0.3) is 0 Å². The minimum absolute atomic E-state index is 0.0510. The highest BCUT2D eigenvalue weighted by Crippen LogP contribution is 2.10. The first-order valence-electron chi connectivity index (χ1n) is 6.77. The minimum atomic E-state index is -0.359. The lowest BCUT2D eigenvalue weighted by molar-refractivity contribution is -0.117. The van der Waals surface area contributed by atoms with Crippen molar-refractivity contribution in [2.45, 2.75) is 12.5 Å². The fourth-order valence-corrected chi connectivity index (χ4v) is 2.18. The van der Waals surface area contributed by atoms with Crippen LogP contribution in [0.25, 0.3) is 0 Å². The van der Waals surface area contributed by atoms with E-state index >= 15 is 0 Å². The number of halogens is 1. The molecule has 3 N–H and O–H groups in total. The molecule has 1 aromatic rings. The summed E-state index contributed by atoms with van der Waals surface area (Å²) in [5.74, 6) is -0.479. The van der Waals surface area contributed by atoms with E-state index in [-0.39, 0.29) is 17.8 Å². The van der Waals surface area contributed by atoms with Gasteiger partial charge in [-0.3, -0.25) is 9.69 Å². The van der Waals surface area contributed by atoms with Crippen molar-refractivity contribution in [2.75, 3.05) is 38.1 Å². The van der Waals surface area contributed by atoms with Crippen LogP contribution in [-0.4, -0.2) is 49.7 Å². The number of hydrogen-bond donors (Lipinski definition) is 2. The molecular weight excluding hydrogens is 261 g/mol. The van der Waals surface area contributed by atoms with Crippen molar-refractivity contribution in [3.63, 3.8) is 0 Å². The molecule has 1 saturated heterocycles. The van der Waals surface area contributed by atoms with Crippen LogP contribution in [0.2, 0.25) is 0 Å². The number of benzene rings is 1. The number of anilines is 1. The number of rotatable bonds is 5. The first-order valence-corrected chi connectivity index (χ1v) is 6.77. The van der Waals surface area contributed by atoms with Gasteiger partial charge in [-0.25, -0.2) is 4.39 Å². The second-order valence-electron chi connectivity index (χ2n) is 4.84. The van der Waals surface area contributed by atoms with Gasteiger partial charge in [0.15, 0.2) is 0 Å². The Morgan fingerprint density at radius 3 is 3.15 bits per heavy atom. The maximum Gasteiger partial charge on any atom is 0.225 e. The Labute approximate surface area is 117 Å². The molecule has 1 fully saturated rings. The molecule has 1 aromatic carbocycles. The number of nitrogens with zero attached hydrogens (tertiary/aromatic N) is 1. The average Bonchev–Trinajstić information content (AvgIpc) is 2.45. The monoisotopic (exact) mass is 281 g/mol. The SMILES string of the molecule is NCC1CN(CCC(=O)Nc2cccc(F)c2)CCO1. The van der Waals surface area contributed by atoms with Crippen LogP contribution >= 0.6 is 0 Å². The number of morpholine rings is 1. The van der Waals surface area contributed by atoms with E-state index in [2.05, 4.69) is 10.2 Å². The van der Waals surface area contributed by atoms with E-state index in [4.69, 9.17) is 10.5 Å². The Balaban J connectivity index is 1.75. The number of carbonyl (C=O) groups is 1. The molecule has 0 spiro atoms. The van der Waals surface area contributed by atoms with E-state index in [1.807, 2.05) is 0 Å². The molecule has 6 heteroatoms. The molecule has 0 saturated carbocycles. The lowest BCUT2D eigenvalue weighted by Crippen LogP contribution is -2.46. The Hall–Kier alpha value is -1.50. The third-order valence-corrected chi connectivity index (χ3v) is 3.25. The predicted molar refractivity (Wildman–Crippen MR) is 74.9 cm³/mol. The summed E-state index contributed by atoms with van der Waals surface area (Å²) in [4.78, 5) is 14.0. The van der Waals surface area contributed by atoms with Crippen molar-refractivity contribution in [3.8, 4) is 0 Å². The van der Waals surface area contributed by atoms with Gasteiger partial charge in [-0.1, -0.05) is 6.07 Å². The summed E-state index contributed by atoms with van der Waals surface area (Å²) < 4.78 is 18.5. The molecule has 1 aliphatic rings. The Kier molecular flexibility index (Phi) is 5.46. The fraction of sp³-hybridized carbons (Fsp3) is 0.500. The van der Waals surface area contributed by atoms with Crippen LogP contribution < -0.4 is 11.1 Å². The number of hydrogen-bond acceptors (Lipinski definition) is 4. The zero-order valence-electron chi connectivity index (χ0n) is 11.3. The van der Waals surface area contributed by atoms with Gasteiger partial charge in [-0.15, -0.1) is 0 Å². The van der Waals surface area contributed by atoms with Crippen LogP contribution in [0.15, 0.2) is 24.3 Å². The molecule has 1 aliphatic heterocycles. The number of ether oxygens (including phenoxy) is 1. The maximum atomic E-state index is 13.0. The summed E-state index contributed by atoms with van der Waals surface area (Å²) in [7, 11) is 0. The van der Waals surface area contributed by atoms with Gasteiger partial charge in [0.2, 0.25) is 5.91 Å². The molecule has 5 nitrogen and oxygen atoms in total. The van der Waals surface area contributed by atoms with Gasteiger partial charge in [0.1, 0.15) is 5.82 Å². The van der Waals surface area contributed by atoms with Crippen LogP contribution in [-0.2, 0) is 9.53 Å². The van der Waals surface area contributed by atoms with E-state index in [9.17, 15) is 9.18 Å². The summed E-state index contributed by atoms with van der Waals surface area (Å²) in [6, 6.07) is 5.88. The van der Waals surface area contributed by atoms with E-state index < -0.39 is 0 Å². The summed E-state index contributed by atoms with van der Waals surface area (Å²) in [5.41, 5.74) is 6.05. The standard InChI is InChI=1S/C14H20FN3O2/c15-11-2-1-3-12(8-11)17-14(19)4-5-18-6-7-20-13(9-16)10-18/h1-3,8,13H,4-7,9-10,16H2,(H,17,19). The summed E-state index contributed by atoms with van der Waals surface area (Å²) >= 11 is 0. The van der Waals surface area contributed by atoms with Crippen LogP contribution in [0.5, 0.6) is 0 Å². The van der Waals surface area contributed by atoms with Crippen molar-refractivity contribution >= 4 is 11.6 Å². The summed E-state index contributed by atoms with van der Waals surface area (Å²) in [5, 5.41) is 2.69. The van der Waals surface area contributed by atoms with E-state index in [1.165, 1.54) is 12.1 Å². The van der Waals surface area contributed by atoms with Crippen LogP contribution in [0.3, 0.4) is 0 Å². The van der Waals surface area contributed by atoms with Gasteiger partial charge in [-0.05, 0) is 18.2 Å². The second kappa shape index (κ2) is 7.33. The van der Waals surface area contributed by atoms with Gasteiger partial charge < -0.3 is 15.8 Å². The predicted octanol–water partition coefficient (Wildman–Crippen LogP) is 0.814. The smallest absolute Gasteiger partial charge is 0.225 e. The first-order chi connectivity index (χ1) is 9.67. The molecule has 1 amide bonds. The number of nitrogens with one attached hydrogen (secondary N) is 1. The third kappa shape index (κ3) is 4.56. The normalized spacial score (nSPS) is 19.8. The first kappa shape index (κ1) is 14.9. The Morgan fingerprint density at radius 1 is 1.55 bits per heavy atom. The van der Waals surface area contributed by atoms with Crippen molar-refractivity contribution in [1.82, 2.24) is 4.90 Å². The van der Waals surface area contributed by atoms with Crippen molar-refractivity contribution in [2.24, 2.45) is 5.73 Å². The topological polar surface area (TPSA) is 67.6 Å². The largest absolute Gasteiger partial charge is 0.374 e. The molecule has 1 heterocycles. The third-order valence-electron chi connectivity index (χ3n) is 3.25. The van der Waals surface area contributed by atoms with E-state index in [1.54, 1.807) is 12.1 Å². The Bertz CT molecular complexity index is 456. The van der Waals surface area contributed by atoms with Crippen molar-refractivity contribution in [1.29, 1.82) is 0 Å². The van der Waals surface area contributed by atoms with E-state index in [0.29, 0.717) is 31.8 Å². The quantitative estimate of drug-likeness (QED) is 0.838. The second-order valence-corrected chi connectivity index (χ2v) is 4.84. The van der Waals surface area contributed by atoms with Crippen LogP contribution in [0.4, 0.5) is 10.1 Å². The molecular formula is C14H20FN3O2. The highest BCUT2D eigenvalue weighted by molar-refractivity contribution is 5.90. The van der Waals surface area contributed by atoms with Crippen LogP contribution in [0.1, 0.15) is 6.42 Å². The van der Waals surface area contributed by atoms with Crippen molar-refractivity contribution in [3.05, 3.63) is 30.1 Å². The number of carbonyl (C=O) groups excluding carboxylic acids is 1. The van der Waals surface area contributed by atoms with Crippen molar-refractivity contribution < 1.29 is 13.9 Å². The minimum Gasteiger partial charge on any atom is -0.374 e. The molecule has 1 atom stereocenters. The molecule has 0 bridgehead atoms. The lowest BCUT2D eigenvalue weighted by atomic mass is 10.2. The average molecular weight is 281 g/mol. The molecule has 0 aliphatic carbocycles.